The van der Waals surface area contributed by atoms with Crippen LogP contribution in [0.1, 0.15) is 93.0 Å². The normalized spacial score (nSPS) is 18.5. The SMILES string of the molecule is Cc1cc(C(=O)NC2CCCNC2=O)ccc1-c1ccc(C[C@H](NC(=O)C2CCC(CNC(=O)OC(C)(C)C)CC2)C(=O)Nc2ccc(-c3n[nH]c(C(F)F)n3)cc2)cc1. The lowest BCUT2D eigenvalue weighted by atomic mass is 9.81. The maximum absolute atomic E-state index is 13.9. The van der Waals surface area contributed by atoms with Gasteiger partial charge in [0.05, 0.1) is 0 Å². The third-order valence-corrected chi connectivity index (χ3v) is 10.7. The summed E-state index contributed by atoms with van der Waals surface area (Å²) in [5.41, 5.74) is 4.22. The van der Waals surface area contributed by atoms with E-state index in [0.717, 1.165) is 41.5 Å². The number of ether oxygens (including phenoxy) is 1. The third-order valence-electron chi connectivity index (χ3n) is 10.7. The largest absolute Gasteiger partial charge is 0.444 e. The monoisotopic (exact) mass is 826 g/mol. The zero-order valence-electron chi connectivity index (χ0n) is 34.2. The number of piperidine rings is 1. The molecule has 4 aromatic rings. The number of nitrogens with one attached hydrogen (secondary N) is 6. The molecule has 16 heteroatoms. The number of anilines is 1. The predicted octanol–water partition coefficient (Wildman–Crippen LogP) is 6.39. The number of hydrogen-bond acceptors (Lipinski definition) is 8. The van der Waals surface area contributed by atoms with E-state index in [9.17, 15) is 32.8 Å². The van der Waals surface area contributed by atoms with E-state index in [2.05, 4.69) is 41.8 Å². The van der Waals surface area contributed by atoms with Crippen molar-refractivity contribution >= 4 is 35.4 Å². The van der Waals surface area contributed by atoms with Crippen LogP contribution in [0, 0.1) is 18.8 Å². The summed E-state index contributed by atoms with van der Waals surface area (Å²) in [5, 5.41) is 20.4. The Kier molecular flexibility index (Phi) is 13.9. The lowest BCUT2D eigenvalue weighted by Crippen LogP contribution is -2.50. The summed E-state index contributed by atoms with van der Waals surface area (Å²) < 4.78 is 31.4. The summed E-state index contributed by atoms with van der Waals surface area (Å²) in [5.74, 6) is -1.73. The molecule has 3 aromatic carbocycles. The molecule has 6 N–H and O–H groups in total. The van der Waals surface area contributed by atoms with Crippen LogP contribution in [-0.2, 0) is 25.5 Å². The molecule has 1 saturated carbocycles. The maximum Gasteiger partial charge on any atom is 0.407 e. The van der Waals surface area contributed by atoms with Gasteiger partial charge in [-0.1, -0.05) is 30.3 Å². The Hall–Kier alpha value is -6.19. The molecule has 2 atom stereocenters. The lowest BCUT2D eigenvalue weighted by molar-refractivity contribution is -0.130. The highest BCUT2D eigenvalue weighted by Gasteiger charge is 2.31. The van der Waals surface area contributed by atoms with Gasteiger partial charge < -0.3 is 31.3 Å². The minimum atomic E-state index is -2.79. The highest BCUT2D eigenvalue weighted by Crippen LogP contribution is 2.30. The van der Waals surface area contributed by atoms with E-state index in [1.54, 1.807) is 57.2 Å². The summed E-state index contributed by atoms with van der Waals surface area (Å²) in [4.78, 5) is 68.7. The fourth-order valence-electron chi connectivity index (χ4n) is 7.44. The van der Waals surface area contributed by atoms with Crippen LogP contribution in [0.3, 0.4) is 0 Å². The number of benzene rings is 3. The molecular weight excluding hydrogens is 775 g/mol. The number of amides is 5. The summed E-state index contributed by atoms with van der Waals surface area (Å²) in [6.07, 6.45) is 0.965. The highest BCUT2D eigenvalue weighted by molar-refractivity contribution is 5.99. The molecule has 1 aromatic heterocycles. The van der Waals surface area contributed by atoms with Gasteiger partial charge in [-0.05, 0) is 131 Å². The number of aromatic amines is 1. The second kappa shape index (κ2) is 19.3. The van der Waals surface area contributed by atoms with Gasteiger partial charge in [0.1, 0.15) is 17.7 Å². The molecule has 0 bridgehead atoms. The summed E-state index contributed by atoms with van der Waals surface area (Å²) >= 11 is 0. The quantitative estimate of drug-likeness (QED) is 0.0892. The van der Waals surface area contributed by atoms with Gasteiger partial charge >= 0.3 is 6.09 Å². The Morgan fingerprint density at radius 3 is 2.25 bits per heavy atom. The van der Waals surface area contributed by atoms with Crippen LogP contribution in [0.4, 0.5) is 19.3 Å². The molecule has 1 aliphatic heterocycles. The summed E-state index contributed by atoms with van der Waals surface area (Å²) in [6.45, 7) is 8.38. The van der Waals surface area contributed by atoms with Gasteiger partial charge in [0.25, 0.3) is 12.3 Å². The number of hydrogen-bond donors (Lipinski definition) is 6. The molecule has 2 aliphatic rings. The number of halogens is 2. The highest BCUT2D eigenvalue weighted by atomic mass is 19.3. The van der Waals surface area contributed by atoms with Crippen molar-refractivity contribution in [1.29, 1.82) is 0 Å². The van der Waals surface area contributed by atoms with Crippen molar-refractivity contribution in [3.8, 4) is 22.5 Å². The number of aryl methyl sites for hydroxylation is 1. The zero-order valence-corrected chi connectivity index (χ0v) is 34.2. The molecule has 2 heterocycles. The molecule has 1 aliphatic carbocycles. The third kappa shape index (κ3) is 11.7. The van der Waals surface area contributed by atoms with E-state index in [4.69, 9.17) is 4.74 Å². The number of nitrogens with zero attached hydrogens (tertiary/aromatic N) is 2. The second-order valence-electron chi connectivity index (χ2n) is 16.5. The van der Waals surface area contributed by atoms with Gasteiger partial charge in [0, 0.05) is 42.2 Å². The molecule has 0 radical (unpaired) electrons. The van der Waals surface area contributed by atoms with Gasteiger partial charge in [0.15, 0.2) is 11.6 Å². The molecule has 2 fully saturated rings. The van der Waals surface area contributed by atoms with Crippen LogP contribution in [0.5, 0.6) is 0 Å². The van der Waals surface area contributed by atoms with Crippen molar-refractivity contribution in [2.75, 3.05) is 18.4 Å². The van der Waals surface area contributed by atoms with Crippen LogP contribution in [0.2, 0.25) is 0 Å². The molecular formula is C44H52F2N8O6. The van der Waals surface area contributed by atoms with Crippen molar-refractivity contribution in [3.05, 3.63) is 89.2 Å². The molecule has 5 amide bonds. The van der Waals surface area contributed by atoms with Crippen LogP contribution in [-0.4, -0.2) is 75.7 Å². The maximum atomic E-state index is 13.9. The number of alkyl halides is 2. The van der Waals surface area contributed by atoms with Gasteiger partial charge in [-0.25, -0.2) is 18.6 Å². The molecule has 318 valence electrons. The molecule has 14 nitrogen and oxygen atoms in total. The molecule has 1 saturated heterocycles. The van der Waals surface area contributed by atoms with Crippen molar-refractivity contribution in [2.24, 2.45) is 11.8 Å². The molecule has 1 unspecified atom stereocenters. The molecule has 60 heavy (non-hydrogen) atoms. The molecule has 0 spiro atoms. The predicted molar refractivity (Wildman–Crippen MR) is 221 cm³/mol. The zero-order chi connectivity index (χ0) is 43.0. The Balaban J connectivity index is 1.12. The second-order valence-corrected chi connectivity index (χ2v) is 16.5. The Labute approximate surface area is 347 Å². The smallest absolute Gasteiger partial charge is 0.407 e. The van der Waals surface area contributed by atoms with Gasteiger partial charge in [-0.3, -0.25) is 24.3 Å². The van der Waals surface area contributed by atoms with E-state index >= 15 is 0 Å². The van der Waals surface area contributed by atoms with Crippen molar-refractivity contribution in [2.45, 2.75) is 96.8 Å². The van der Waals surface area contributed by atoms with Crippen molar-refractivity contribution in [3.63, 3.8) is 0 Å². The minimum Gasteiger partial charge on any atom is -0.444 e. The Bertz CT molecular complexity index is 2160. The standard InChI is InChI=1S/C44H52F2N8O6/c1-25-22-31(40(56)50-34-6-5-21-47-41(34)57)17-20-33(25)28-11-7-26(8-12-28)23-35(42(58)49-32-18-15-29(16-19-32)37-52-38(36(45)46)54-53-37)51-39(55)30-13-9-27(10-14-30)24-48-43(59)60-44(2,3)4/h7-8,11-12,15-20,22,27,30,34-36H,5-6,9-10,13-14,21,23-24H2,1-4H3,(H,47,57)(H,48,59)(H,49,58)(H,50,56)(H,51,55)(H,52,53,54)/t27?,30?,34?,35-/m0/s1. The number of aromatic nitrogens is 3. The lowest BCUT2D eigenvalue weighted by Gasteiger charge is -2.29. The first-order chi connectivity index (χ1) is 28.6. The van der Waals surface area contributed by atoms with Crippen LogP contribution in [0.15, 0.2) is 66.7 Å². The van der Waals surface area contributed by atoms with E-state index in [1.165, 1.54) is 0 Å². The molecule has 6 rings (SSSR count). The number of rotatable bonds is 13. The Morgan fingerprint density at radius 2 is 1.62 bits per heavy atom. The van der Waals surface area contributed by atoms with E-state index < -0.39 is 41.9 Å². The minimum absolute atomic E-state index is 0.0915. The number of H-pyrrole nitrogens is 1. The van der Waals surface area contributed by atoms with Crippen LogP contribution in [0.25, 0.3) is 22.5 Å². The van der Waals surface area contributed by atoms with Crippen LogP contribution < -0.4 is 26.6 Å². The van der Waals surface area contributed by atoms with E-state index in [-0.39, 0.29) is 41.8 Å². The summed E-state index contributed by atoms with van der Waals surface area (Å²) in [6, 6.07) is 17.9. The number of carbonyl (C=O) groups is 5. The van der Waals surface area contributed by atoms with Gasteiger partial charge in [0.2, 0.25) is 17.7 Å². The van der Waals surface area contributed by atoms with Gasteiger partial charge in [-0.2, -0.15) is 5.10 Å². The van der Waals surface area contributed by atoms with E-state index in [0.29, 0.717) is 49.2 Å². The Morgan fingerprint density at radius 1 is 0.917 bits per heavy atom. The van der Waals surface area contributed by atoms with Crippen molar-refractivity contribution in [1.82, 2.24) is 36.4 Å². The van der Waals surface area contributed by atoms with Gasteiger partial charge in [-0.15, -0.1) is 0 Å². The topological polar surface area (TPSA) is 196 Å². The van der Waals surface area contributed by atoms with Crippen LogP contribution >= 0.6 is 0 Å². The van der Waals surface area contributed by atoms with E-state index in [1.807, 2.05) is 37.3 Å². The fourth-order valence-corrected chi connectivity index (χ4v) is 7.44. The summed E-state index contributed by atoms with van der Waals surface area (Å²) in [7, 11) is 0. The average Bonchev–Trinajstić information content (AvgIpc) is 3.72. The van der Waals surface area contributed by atoms with Crippen molar-refractivity contribution < 1.29 is 37.5 Å². The number of alkyl carbamates (subject to hydrolysis) is 1. The number of carbonyl (C=O) groups excluding carboxylic acids is 5. The first kappa shape index (κ1) is 43.4. The average molecular weight is 827 g/mol. The first-order valence-corrected chi connectivity index (χ1v) is 20.3. The first-order valence-electron chi connectivity index (χ1n) is 20.3. The fraction of sp³-hybridized carbons (Fsp3) is 0.432.